The van der Waals surface area contributed by atoms with Crippen LogP contribution < -0.4 is 10.6 Å². The van der Waals surface area contributed by atoms with E-state index in [-0.39, 0.29) is 18.4 Å². The molecule has 0 radical (unpaired) electrons. The van der Waals surface area contributed by atoms with Gasteiger partial charge in [0, 0.05) is 49.2 Å². The Labute approximate surface area is 269 Å². The predicted octanol–water partition coefficient (Wildman–Crippen LogP) is 3.39. The topological polar surface area (TPSA) is 150 Å². The molecular weight excluding hydrogens is 610 g/mol. The average Bonchev–Trinajstić information content (AvgIpc) is 3.59. The minimum Gasteiger partial charge on any atom is -0.361 e. The van der Waals surface area contributed by atoms with Crippen molar-refractivity contribution < 1.29 is 31.2 Å². The van der Waals surface area contributed by atoms with E-state index in [2.05, 4.69) is 72.5 Å². The largest absolute Gasteiger partial charge is 0.399 e. The maximum atomic E-state index is 13.2. The van der Waals surface area contributed by atoms with Gasteiger partial charge >= 0.3 is 16.4 Å². The number of nitrogens with zero attached hydrogens (tertiary/aromatic N) is 2. The van der Waals surface area contributed by atoms with Gasteiger partial charge in [0.25, 0.3) is 11.8 Å². The highest BCUT2D eigenvalue weighted by atomic mass is 32.3. The van der Waals surface area contributed by atoms with E-state index in [1.54, 1.807) is 31.3 Å². The maximum Gasteiger partial charge on any atom is 0.399 e. The van der Waals surface area contributed by atoms with Crippen molar-refractivity contribution in [3.05, 3.63) is 107 Å². The number of likely N-dealkylation sites (N-methyl/N-ethyl adjacent to an activating group) is 1. The van der Waals surface area contributed by atoms with Gasteiger partial charge in [-0.15, -0.1) is 0 Å². The monoisotopic (exact) mass is 649 g/mol. The first-order chi connectivity index (χ1) is 22.0. The molecule has 12 nitrogen and oxygen atoms in total. The lowest BCUT2D eigenvalue weighted by molar-refractivity contribution is -0.127. The first-order valence-electron chi connectivity index (χ1n) is 14.6. The van der Waals surface area contributed by atoms with Crippen molar-refractivity contribution in [2.45, 2.75) is 32.0 Å². The Morgan fingerprint density at radius 1 is 0.957 bits per heavy atom. The van der Waals surface area contributed by atoms with Crippen molar-refractivity contribution in [1.82, 2.24) is 25.4 Å². The van der Waals surface area contributed by atoms with Crippen molar-refractivity contribution in [1.29, 1.82) is 0 Å². The number of aromatic amines is 1. The Bertz CT molecular complexity index is 1770. The van der Waals surface area contributed by atoms with Gasteiger partial charge in [0.15, 0.2) is 0 Å². The molecule has 0 aliphatic carbocycles. The molecule has 13 heteroatoms. The molecule has 0 spiro atoms. The molecular formula is C33H39N5O7S. The molecule has 1 fully saturated rings. The number of rotatable bonds is 12. The SMILES string of the molecule is CNC(=O)c1cccc(CN2C(=O)NC(Cc3ccc4[nH]cc(CCN(C)Cc5ccccc5)c4c3)C2=O)c1.COS(=O)(=O)OC. The summed E-state index contributed by atoms with van der Waals surface area (Å²) in [5.41, 5.74) is 5.77. The molecule has 3 N–H and O–H groups in total. The molecule has 1 saturated heterocycles. The smallest absolute Gasteiger partial charge is 0.361 e. The summed E-state index contributed by atoms with van der Waals surface area (Å²) in [6.45, 7) is 1.92. The number of carbonyl (C=O) groups is 3. The van der Waals surface area contributed by atoms with Gasteiger partial charge in [-0.1, -0.05) is 48.5 Å². The minimum absolute atomic E-state index is 0.115. The first kappa shape index (κ1) is 34.3. The van der Waals surface area contributed by atoms with Gasteiger partial charge in [-0.3, -0.25) is 22.9 Å². The summed E-state index contributed by atoms with van der Waals surface area (Å²) >= 11 is 0. The van der Waals surface area contributed by atoms with Crippen LogP contribution in [0.5, 0.6) is 0 Å². The molecule has 244 valence electrons. The van der Waals surface area contributed by atoms with Crippen LogP contribution >= 0.6 is 0 Å². The van der Waals surface area contributed by atoms with Crippen molar-refractivity contribution in [2.24, 2.45) is 0 Å². The minimum atomic E-state index is -3.66. The van der Waals surface area contributed by atoms with Gasteiger partial charge in [0.2, 0.25) is 0 Å². The van der Waals surface area contributed by atoms with E-state index in [1.165, 1.54) is 16.0 Å². The number of fused-ring (bicyclic) bond motifs is 1. The number of hydrogen-bond donors (Lipinski definition) is 3. The fraction of sp³-hybridized carbons (Fsp3) is 0.303. The predicted molar refractivity (Wildman–Crippen MR) is 174 cm³/mol. The van der Waals surface area contributed by atoms with Crippen LogP contribution in [0.4, 0.5) is 4.79 Å². The number of nitrogens with one attached hydrogen (secondary N) is 3. The molecule has 4 amide bonds. The summed E-state index contributed by atoms with van der Waals surface area (Å²) < 4.78 is 27.5. The van der Waals surface area contributed by atoms with Crippen LogP contribution in [0.15, 0.2) is 79.0 Å². The Hall–Kier alpha value is -4.56. The lowest BCUT2D eigenvalue weighted by Crippen LogP contribution is -2.32. The highest BCUT2D eigenvalue weighted by Crippen LogP contribution is 2.23. The number of amides is 4. The van der Waals surface area contributed by atoms with Gasteiger partial charge in [-0.05, 0) is 60.0 Å². The molecule has 0 bridgehead atoms. The van der Waals surface area contributed by atoms with Crippen molar-refractivity contribution in [2.75, 3.05) is 34.9 Å². The van der Waals surface area contributed by atoms with Crippen LogP contribution in [0.2, 0.25) is 0 Å². The standard InChI is InChI=1S/C31H33N5O3.C2H6O4S/c1-32-29(37)24-10-6-9-23(15-24)20-36-30(38)28(34-31(36)39)17-22-11-12-27-26(16-22)25(18-33-27)13-14-35(2)19-21-7-4-3-5-8-21;1-5-7(3,4)6-2/h3-12,15-16,18,28,33H,13-14,17,19-20H2,1-2H3,(H,32,37)(H,34,39);1-2H3. The van der Waals surface area contributed by atoms with Crippen molar-refractivity contribution in [3.8, 4) is 0 Å². The molecule has 1 unspecified atom stereocenters. The normalized spacial score (nSPS) is 14.7. The van der Waals surface area contributed by atoms with E-state index >= 15 is 0 Å². The molecule has 1 aliphatic rings. The number of carbonyl (C=O) groups excluding carboxylic acids is 3. The van der Waals surface area contributed by atoms with Crippen LogP contribution in [-0.4, -0.2) is 81.9 Å². The third-order valence-electron chi connectivity index (χ3n) is 7.60. The van der Waals surface area contributed by atoms with Crippen LogP contribution in [0.1, 0.15) is 32.6 Å². The van der Waals surface area contributed by atoms with Gasteiger partial charge in [0.1, 0.15) is 6.04 Å². The number of H-pyrrole nitrogens is 1. The number of hydrogen-bond acceptors (Lipinski definition) is 8. The molecule has 5 rings (SSSR count). The van der Waals surface area contributed by atoms with Crippen LogP contribution in [0, 0.1) is 0 Å². The molecule has 46 heavy (non-hydrogen) atoms. The van der Waals surface area contributed by atoms with E-state index in [9.17, 15) is 22.8 Å². The van der Waals surface area contributed by atoms with Crippen LogP contribution in [0.25, 0.3) is 10.9 Å². The zero-order valence-corrected chi connectivity index (χ0v) is 27.1. The molecule has 4 aromatic rings. The van der Waals surface area contributed by atoms with Gasteiger partial charge in [-0.2, -0.15) is 8.42 Å². The molecule has 3 aromatic carbocycles. The highest BCUT2D eigenvalue weighted by molar-refractivity contribution is 7.81. The Morgan fingerprint density at radius 2 is 1.67 bits per heavy atom. The van der Waals surface area contributed by atoms with Gasteiger partial charge in [-0.25, -0.2) is 4.79 Å². The average molecular weight is 650 g/mol. The molecule has 1 aliphatic heterocycles. The second kappa shape index (κ2) is 15.6. The Balaban J connectivity index is 0.000000617. The second-order valence-corrected chi connectivity index (χ2v) is 12.3. The summed E-state index contributed by atoms with van der Waals surface area (Å²) in [4.78, 5) is 44.7. The highest BCUT2D eigenvalue weighted by Gasteiger charge is 2.38. The second-order valence-electron chi connectivity index (χ2n) is 10.8. The van der Waals surface area contributed by atoms with Gasteiger partial charge < -0.3 is 20.5 Å². The first-order valence-corrected chi connectivity index (χ1v) is 16.0. The van der Waals surface area contributed by atoms with E-state index in [1.807, 2.05) is 18.2 Å². The van der Waals surface area contributed by atoms with Gasteiger partial charge in [0.05, 0.1) is 20.8 Å². The van der Waals surface area contributed by atoms with E-state index in [4.69, 9.17) is 0 Å². The summed E-state index contributed by atoms with van der Waals surface area (Å²) in [5, 5.41) is 6.56. The number of benzene rings is 3. The third-order valence-corrected chi connectivity index (χ3v) is 8.42. The fourth-order valence-electron chi connectivity index (χ4n) is 5.15. The number of urea groups is 1. The quantitative estimate of drug-likeness (QED) is 0.198. The Morgan fingerprint density at radius 3 is 2.35 bits per heavy atom. The molecule has 0 saturated carbocycles. The lowest BCUT2D eigenvalue weighted by atomic mass is 10.0. The summed E-state index contributed by atoms with van der Waals surface area (Å²) in [6, 6.07) is 22.5. The van der Waals surface area contributed by atoms with E-state index < -0.39 is 22.5 Å². The molecule has 1 aromatic heterocycles. The Kier molecular flexibility index (Phi) is 11.7. The zero-order chi connectivity index (χ0) is 33.3. The van der Waals surface area contributed by atoms with E-state index in [0.717, 1.165) is 55.8 Å². The summed E-state index contributed by atoms with van der Waals surface area (Å²) in [7, 11) is 2.09. The van der Waals surface area contributed by atoms with Crippen LogP contribution in [0.3, 0.4) is 0 Å². The van der Waals surface area contributed by atoms with Crippen LogP contribution in [-0.2, 0) is 49.5 Å². The van der Waals surface area contributed by atoms with E-state index in [0.29, 0.717) is 12.0 Å². The molecule has 2 heterocycles. The zero-order valence-electron chi connectivity index (χ0n) is 26.3. The fourth-order valence-corrected chi connectivity index (χ4v) is 5.29. The summed E-state index contributed by atoms with van der Waals surface area (Å²) in [5.74, 6) is -0.475. The number of imide groups is 1. The lowest BCUT2D eigenvalue weighted by Gasteiger charge is -2.16. The third kappa shape index (κ3) is 9.01. The van der Waals surface area contributed by atoms with Crippen molar-refractivity contribution in [3.63, 3.8) is 0 Å². The maximum absolute atomic E-state index is 13.2. The molecule has 1 atom stereocenters. The number of aromatic nitrogens is 1. The summed E-state index contributed by atoms with van der Waals surface area (Å²) in [6.07, 6.45) is 3.37. The van der Waals surface area contributed by atoms with Crippen molar-refractivity contribution >= 4 is 39.1 Å².